The van der Waals surface area contributed by atoms with E-state index in [0.29, 0.717) is 39.3 Å². The van der Waals surface area contributed by atoms with Gasteiger partial charge in [-0.15, -0.1) is 0 Å². The number of azide groups is 6. The maximum absolute atomic E-state index is 8.63. The van der Waals surface area contributed by atoms with Crippen LogP contribution in [0.3, 0.4) is 0 Å². The van der Waals surface area contributed by atoms with Crippen LogP contribution in [0.25, 0.3) is 107 Å². The van der Waals surface area contributed by atoms with Crippen LogP contribution >= 0.6 is 0 Å². The number of fused-ring (bicyclic) bond motifs is 3. The molecule has 0 N–H and O–H groups in total. The molecule has 19 aromatic rings. The number of hydrogen-bond acceptors (Lipinski definition) is 11. The highest BCUT2D eigenvalue weighted by atomic mass is 15.2. The first-order valence-electron chi connectivity index (χ1n) is 47.1. The normalized spacial score (nSPS) is 10.4. The van der Waals surface area contributed by atoms with Gasteiger partial charge in [-0.3, -0.25) is 0 Å². The minimum atomic E-state index is 0.329. The van der Waals surface area contributed by atoms with Crippen LogP contribution in [0, 0.1) is 6.92 Å². The smallest absolute Gasteiger partial charge is 0.0510 e. The lowest BCUT2D eigenvalue weighted by molar-refractivity contribution is 1.04. The van der Waals surface area contributed by atoms with E-state index in [9.17, 15) is 0 Å². The number of nitrogens with zero attached hydrogens (tertiary/aromatic N) is 23. The van der Waals surface area contributed by atoms with Crippen LogP contribution < -0.4 is 24.5 Å². The van der Waals surface area contributed by atoms with Gasteiger partial charge in [0.15, 0.2) is 0 Å². The first kappa shape index (κ1) is 98.1. The molecule has 0 atom stereocenters. The summed E-state index contributed by atoms with van der Waals surface area (Å²) in [6.07, 6.45) is 0.965. The molecule has 23 nitrogen and oxygen atoms in total. The van der Waals surface area contributed by atoms with Gasteiger partial charge in [0.25, 0.3) is 0 Å². The number of hydrogen-bond donors (Lipinski definition) is 0. The Labute approximate surface area is 842 Å². The summed E-state index contributed by atoms with van der Waals surface area (Å²) < 4.78 is 0. The quantitative estimate of drug-likeness (QED) is 0.0240. The summed E-state index contributed by atoms with van der Waals surface area (Å²) in [6.45, 7) is 4.14. The van der Waals surface area contributed by atoms with Crippen LogP contribution in [0.1, 0.15) is 50.1 Å². The van der Waals surface area contributed by atoms with Gasteiger partial charge in [0.05, 0.1) is 39.3 Å². The number of benzene rings is 19. The van der Waals surface area contributed by atoms with Crippen LogP contribution in [0.15, 0.2) is 528 Å². The molecule has 0 radical (unpaired) electrons. The standard InChI is InChI=1S/C31H24N4.C26H20N4.C25H20N4.C21H19N7.C19H16N4/c32-34-33-23-24-11-17-29(18-12-24)35(30-19-13-27(14-20-30)25-7-3-1-4-8-25)31-21-15-28(16-22-31)26-9-5-2-6-10-26;27-29-28-18-19-10-12-23(13-11-19)30(22-7-2-1-3-8-22)24-14-15-26-21(17-24)16-20-6-4-5-9-25(20)26;26-28-27-19-20-11-15-24(16-12-20)29(23-9-5-2-6-10-23)25-17-13-22(14-18-25)21-7-3-1-4-8-21;1-16-2-8-19(9-3-16)28(20-10-4-17(5-11-20)14-24-26-22)21-12-6-18(7-13-21)15-25-27-23;20-22-21-15-16-11-13-19(14-12-16)23(17-7-3-1-4-8-17)18-9-5-2-6-10-18/h1-22H,23H2;1-15,17H,16,18H2;1-18H,19H2;2-13H,14-15H2,1H3;1-14H,15H2. The van der Waals surface area contributed by atoms with E-state index in [-0.39, 0.29) is 0 Å². The van der Waals surface area contributed by atoms with Crippen LogP contribution in [0.5, 0.6) is 0 Å². The molecule has 0 unspecified atom stereocenters. The number of aryl methyl sites for hydroxylation is 1. The summed E-state index contributed by atoms with van der Waals surface area (Å²) in [5, 5.41) is 21.8. The average molecular weight is 1890 g/mol. The van der Waals surface area contributed by atoms with Crippen molar-refractivity contribution in [3.8, 4) is 44.5 Å². The molecule has 0 bridgehead atoms. The van der Waals surface area contributed by atoms with Crippen LogP contribution in [0.4, 0.5) is 85.3 Å². The Balaban J connectivity index is 0.000000131. The van der Waals surface area contributed by atoms with Gasteiger partial charge in [0, 0.05) is 115 Å². The van der Waals surface area contributed by atoms with E-state index in [0.717, 1.165) is 125 Å². The molecule has 0 heterocycles. The summed E-state index contributed by atoms with van der Waals surface area (Å²) in [4.78, 5) is 28.0. The van der Waals surface area contributed by atoms with E-state index in [4.69, 9.17) is 33.2 Å². The van der Waals surface area contributed by atoms with E-state index >= 15 is 0 Å². The molecule has 23 heteroatoms. The first-order valence-corrected chi connectivity index (χ1v) is 47.1. The fourth-order valence-electron chi connectivity index (χ4n) is 17.0. The largest absolute Gasteiger partial charge is 0.311 e. The second-order valence-corrected chi connectivity index (χ2v) is 33.6. The van der Waals surface area contributed by atoms with E-state index < -0.39 is 0 Å². The van der Waals surface area contributed by atoms with Crippen molar-refractivity contribution in [2.45, 2.75) is 52.6 Å². The Kier molecular flexibility index (Phi) is 34.4. The summed E-state index contributed by atoms with van der Waals surface area (Å²) in [7, 11) is 0. The van der Waals surface area contributed by atoms with Crippen LogP contribution in [-0.4, -0.2) is 0 Å². The maximum atomic E-state index is 8.63. The molecular formula is C122H99N23. The third-order valence-electron chi connectivity index (χ3n) is 24.1. The summed E-state index contributed by atoms with van der Waals surface area (Å²) in [5.41, 5.74) is 86.7. The van der Waals surface area contributed by atoms with Crippen molar-refractivity contribution >= 4 is 85.3 Å². The molecule has 0 spiro atoms. The minimum absolute atomic E-state index is 0.329. The van der Waals surface area contributed by atoms with Gasteiger partial charge < -0.3 is 24.5 Å². The average Bonchev–Trinajstić information content (AvgIpc) is 1.53. The zero-order valence-electron chi connectivity index (χ0n) is 79.6. The molecule has 19 aromatic carbocycles. The zero-order valence-corrected chi connectivity index (χ0v) is 79.6. The van der Waals surface area contributed by atoms with Crippen molar-refractivity contribution in [2.24, 2.45) is 30.7 Å². The second kappa shape index (κ2) is 50.9. The fourth-order valence-corrected chi connectivity index (χ4v) is 17.0. The first-order chi connectivity index (χ1) is 71.6. The highest BCUT2D eigenvalue weighted by molar-refractivity contribution is 5.86. The molecule has 145 heavy (non-hydrogen) atoms. The third-order valence-corrected chi connectivity index (χ3v) is 24.1. The van der Waals surface area contributed by atoms with Gasteiger partial charge in [0.2, 0.25) is 0 Å². The molecule has 1 aliphatic carbocycles. The second-order valence-electron chi connectivity index (χ2n) is 33.6. The lowest BCUT2D eigenvalue weighted by atomic mass is 10.0. The molecule has 0 aliphatic heterocycles. The molecule has 0 amide bonds. The van der Waals surface area contributed by atoms with E-state index in [1.54, 1.807) is 0 Å². The Morgan fingerprint density at radius 2 is 0.345 bits per heavy atom. The molecule has 0 saturated carbocycles. The molecule has 0 fully saturated rings. The van der Waals surface area contributed by atoms with E-state index in [1.165, 1.54) is 61.2 Å². The zero-order chi connectivity index (χ0) is 99.8. The molecule has 1 aliphatic rings. The summed E-state index contributed by atoms with van der Waals surface area (Å²) in [5.74, 6) is 0. The predicted octanol–water partition coefficient (Wildman–Crippen LogP) is 37.5. The number of para-hydroxylation sites is 4. The fraction of sp³-hybridized carbons (Fsp3) is 0.0656. The van der Waals surface area contributed by atoms with Crippen LogP contribution in [0.2, 0.25) is 0 Å². The van der Waals surface area contributed by atoms with Crippen molar-refractivity contribution in [2.75, 3.05) is 24.5 Å². The van der Waals surface area contributed by atoms with Crippen molar-refractivity contribution in [1.82, 2.24) is 0 Å². The van der Waals surface area contributed by atoms with E-state index in [2.05, 4.69) is 401 Å². The van der Waals surface area contributed by atoms with Gasteiger partial charge >= 0.3 is 0 Å². The summed E-state index contributed by atoms with van der Waals surface area (Å²) in [6, 6.07) is 170. The number of anilines is 15. The number of rotatable bonds is 30. The van der Waals surface area contributed by atoms with Gasteiger partial charge in [-0.05, 0) is 318 Å². The van der Waals surface area contributed by atoms with Crippen molar-refractivity contribution in [3.05, 3.63) is 610 Å². The van der Waals surface area contributed by atoms with Crippen LogP contribution in [-0.2, 0) is 45.7 Å². The molecular weight excluding hydrogens is 1790 g/mol. The lowest BCUT2D eigenvalue weighted by Gasteiger charge is -2.26. The molecule has 0 saturated heterocycles. The Morgan fingerprint density at radius 3 is 0.579 bits per heavy atom. The predicted molar refractivity (Wildman–Crippen MR) is 592 cm³/mol. The topological polar surface area (TPSA) is 309 Å². The van der Waals surface area contributed by atoms with Gasteiger partial charge in [-0.25, -0.2) is 0 Å². The maximum Gasteiger partial charge on any atom is 0.0510 e. The highest BCUT2D eigenvalue weighted by Gasteiger charge is 2.23. The Bertz CT molecular complexity index is 7520. The minimum Gasteiger partial charge on any atom is -0.311 e. The van der Waals surface area contributed by atoms with E-state index in [1.807, 2.05) is 188 Å². The molecule has 0 aromatic heterocycles. The van der Waals surface area contributed by atoms with Gasteiger partial charge in [0.1, 0.15) is 0 Å². The van der Waals surface area contributed by atoms with Crippen molar-refractivity contribution < 1.29 is 0 Å². The Morgan fingerprint density at radius 1 is 0.172 bits per heavy atom. The van der Waals surface area contributed by atoms with Crippen molar-refractivity contribution in [1.29, 1.82) is 0 Å². The lowest BCUT2D eigenvalue weighted by Crippen LogP contribution is -2.10. The highest BCUT2D eigenvalue weighted by Crippen LogP contribution is 2.45. The van der Waals surface area contributed by atoms with Gasteiger partial charge in [-0.1, -0.05) is 352 Å². The third kappa shape index (κ3) is 26.5. The Hall–Kier alpha value is -20.0. The SMILES string of the molecule is Cc1ccc(N(c2ccc(CN=[N+]=[N-])cc2)c2ccc(CN=[N+]=[N-])cc2)cc1.[N-]=[N+]=NCc1ccc(N(c2ccc(-c3ccccc3)cc2)c2ccc(-c3ccccc3)cc2)cc1.[N-]=[N+]=NCc1ccc(N(c2ccccc2)c2ccc(-c3ccccc3)cc2)cc1.[N-]=[N+]=NCc1ccc(N(c2ccccc2)c2ccc3c(c2)Cc2ccccc2-3)cc1.[N-]=[N+]=NCc1ccc(N(c2ccccc2)c2ccccc2)cc1. The van der Waals surface area contributed by atoms with Crippen molar-refractivity contribution in [3.63, 3.8) is 0 Å². The monoisotopic (exact) mass is 1890 g/mol. The molecule has 20 rings (SSSR count). The summed E-state index contributed by atoms with van der Waals surface area (Å²) >= 11 is 0. The van der Waals surface area contributed by atoms with Gasteiger partial charge in [-0.2, -0.15) is 0 Å². The molecule has 702 valence electrons.